The van der Waals surface area contributed by atoms with E-state index in [1.165, 1.54) is 6.92 Å². The average molecular weight is 208 g/mol. The van der Waals surface area contributed by atoms with Gasteiger partial charge in [-0.05, 0) is 33.3 Å². The Labute approximate surface area is 89.8 Å². The lowest BCUT2D eigenvalue weighted by atomic mass is 10.0. The summed E-state index contributed by atoms with van der Waals surface area (Å²) in [6, 6.07) is 0. The summed E-state index contributed by atoms with van der Waals surface area (Å²) in [5.41, 5.74) is 3.05. The quantitative estimate of drug-likeness (QED) is 0.667. The number of carbonyl (C=O) groups is 2. The van der Waals surface area contributed by atoms with Crippen molar-refractivity contribution in [3.05, 3.63) is 22.3 Å². The van der Waals surface area contributed by atoms with Gasteiger partial charge in [0.05, 0.1) is 6.61 Å². The van der Waals surface area contributed by atoms with Crippen molar-refractivity contribution in [3.63, 3.8) is 0 Å². The topological polar surface area (TPSA) is 43.4 Å². The second-order valence-corrected chi connectivity index (χ2v) is 3.71. The zero-order valence-corrected chi connectivity index (χ0v) is 9.64. The number of rotatable bonds is 3. The van der Waals surface area contributed by atoms with Gasteiger partial charge < -0.3 is 4.74 Å². The molecule has 1 aliphatic carbocycles. The van der Waals surface area contributed by atoms with Gasteiger partial charge in [0.15, 0.2) is 5.78 Å². The summed E-state index contributed by atoms with van der Waals surface area (Å²) in [6.07, 6.45) is 0.541. The van der Waals surface area contributed by atoms with E-state index in [0.717, 1.165) is 11.1 Å². The van der Waals surface area contributed by atoms with Gasteiger partial charge in [0.25, 0.3) is 0 Å². The molecule has 3 heteroatoms. The largest absolute Gasteiger partial charge is 0.463 e. The molecule has 0 amide bonds. The van der Waals surface area contributed by atoms with Gasteiger partial charge in [-0.25, -0.2) is 4.79 Å². The maximum absolute atomic E-state index is 11.6. The molecule has 82 valence electrons. The van der Waals surface area contributed by atoms with Crippen LogP contribution in [0.3, 0.4) is 0 Å². The monoisotopic (exact) mass is 208 g/mol. The Morgan fingerprint density at radius 1 is 1.33 bits per heavy atom. The van der Waals surface area contributed by atoms with Gasteiger partial charge in [-0.3, -0.25) is 4.79 Å². The van der Waals surface area contributed by atoms with E-state index in [1.54, 1.807) is 13.8 Å². The molecule has 0 aromatic rings. The van der Waals surface area contributed by atoms with E-state index in [1.807, 2.05) is 6.92 Å². The highest BCUT2D eigenvalue weighted by Gasteiger charge is 2.26. The molecule has 0 aromatic heterocycles. The molecule has 0 saturated heterocycles. The van der Waals surface area contributed by atoms with Crippen molar-refractivity contribution in [2.45, 2.75) is 34.1 Å². The first kappa shape index (κ1) is 11.7. The van der Waals surface area contributed by atoms with Crippen molar-refractivity contribution >= 4 is 11.8 Å². The minimum absolute atomic E-state index is 0.0179. The van der Waals surface area contributed by atoms with Crippen molar-refractivity contribution in [3.8, 4) is 0 Å². The molecule has 0 aliphatic heterocycles. The van der Waals surface area contributed by atoms with Crippen molar-refractivity contribution < 1.29 is 14.3 Å². The molecular weight excluding hydrogens is 192 g/mol. The summed E-state index contributed by atoms with van der Waals surface area (Å²) >= 11 is 0. The number of hydrogen-bond donors (Lipinski definition) is 0. The lowest BCUT2D eigenvalue weighted by Gasteiger charge is -2.04. The van der Waals surface area contributed by atoms with Crippen molar-refractivity contribution in [2.75, 3.05) is 6.61 Å². The third-order valence-corrected chi connectivity index (χ3v) is 2.57. The standard InChI is InChI=1S/C12H16O3/c1-5-15-12(14)10-6-7(2)11(8(10)3)9(4)13/h5-6H2,1-4H3. The summed E-state index contributed by atoms with van der Waals surface area (Å²) in [5, 5.41) is 0. The first-order valence-electron chi connectivity index (χ1n) is 5.07. The Bertz CT molecular complexity index is 372. The Balaban J connectivity index is 2.99. The maximum Gasteiger partial charge on any atom is 0.334 e. The van der Waals surface area contributed by atoms with Crippen LogP contribution in [0.5, 0.6) is 0 Å². The SMILES string of the molecule is CCOC(=O)C1=C(C)C(C(C)=O)=C(C)C1. The summed E-state index contributed by atoms with van der Waals surface area (Å²) < 4.78 is 4.94. The van der Waals surface area contributed by atoms with Crippen LogP contribution in [0.25, 0.3) is 0 Å². The normalized spacial score (nSPS) is 16.0. The van der Waals surface area contributed by atoms with Crippen LogP contribution in [0.15, 0.2) is 22.3 Å². The third kappa shape index (κ3) is 2.17. The molecule has 0 unspecified atom stereocenters. The molecule has 0 aromatic carbocycles. The highest BCUT2D eigenvalue weighted by atomic mass is 16.5. The number of hydrogen-bond acceptors (Lipinski definition) is 3. The summed E-state index contributed by atoms with van der Waals surface area (Å²) in [4.78, 5) is 22.9. The molecule has 0 spiro atoms. The number of carbonyl (C=O) groups excluding carboxylic acids is 2. The number of ketones is 1. The van der Waals surface area contributed by atoms with Crippen molar-refractivity contribution in [1.29, 1.82) is 0 Å². The Kier molecular flexibility index (Phi) is 3.45. The second kappa shape index (κ2) is 4.43. The molecule has 0 radical (unpaired) electrons. The lowest BCUT2D eigenvalue weighted by Crippen LogP contribution is -2.08. The highest BCUT2D eigenvalue weighted by Crippen LogP contribution is 2.32. The number of allylic oxidation sites excluding steroid dienone is 3. The van der Waals surface area contributed by atoms with Gasteiger partial charge in [0, 0.05) is 17.6 Å². The van der Waals surface area contributed by atoms with E-state index in [2.05, 4.69) is 0 Å². The van der Waals surface area contributed by atoms with Crippen LogP contribution in [0.2, 0.25) is 0 Å². The Hall–Kier alpha value is -1.38. The molecule has 15 heavy (non-hydrogen) atoms. The molecule has 3 nitrogen and oxygen atoms in total. The first-order valence-corrected chi connectivity index (χ1v) is 5.07. The van der Waals surface area contributed by atoms with E-state index in [-0.39, 0.29) is 11.8 Å². The van der Waals surface area contributed by atoms with E-state index >= 15 is 0 Å². The smallest absolute Gasteiger partial charge is 0.334 e. The molecule has 0 atom stereocenters. The van der Waals surface area contributed by atoms with Gasteiger partial charge >= 0.3 is 5.97 Å². The Morgan fingerprint density at radius 2 is 1.93 bits per heavy atom. The lowest BCUT2D eigenvalue weighted by molar-refractivity contribution is -0.138. The molecule has 0 saturated carbocycles. The number of ether oxygens (including phenoxy) is 1. The van der Waals surface area contributed by atoms with Crippen molar-refractivity contribution in [2.24, 2.45) is 0 Å². The minimum Gasteiger partial charge on any atom is -0.463 e. The predicted molar refractivity (Wildman–Crippen MR) is 57.3 cm³/mol. The molecule has 1 aliphatic rings. The van der Waals surface area contributed by atoms with E-state index in [4.69, 9.17) is 4.74 Å². The van der Waals surface area contributed by atoms with Gasteiger partial charge in [-0.15, -0.1) is 0 Å². The van der Waals surface area contributed by atoms with Crippen molar-refractivity contribution in [1.82, 2.24) is 0 Å². The van der Waals surface area contributed by atoms with E-state index in [9.17, 15) is 9.59 Å². The van der Waals surface area contributed by atoms with Crippen LogP contribution in [-0.2, 0) is 14.3 Å². The van der Waals surface area contributed by atoms with E-state index < -0.39 is 0 Å². The average Bonchev–Trinajstić information content (AvgIpc) is 2.42. The predicted octanol–water partition coefficient (Wildman–Crippen LogP) is 2.18. The minimum atomic E-state index is -0.300. The van der Waals surface area contributed by atoms with Gasteiger partial charge in [-0.2, -0.15) is 0 Å². The highest BCUT2D eigenvalue weighted by molar-refractivity contribution is 6.04. The second-order valence-electron chi connectivity index (χ2n) is 3.71. The first-order chi connectivity index (χ1) is 6.99. The number of esters is 1. The van der Waals surface area contributed by atoms with Crippen LogP contribution in [0.4, 0.5) is 0 Å². The fourth-order valence-corrected chi connectivity index (χ4v) is 1.97. The summed E-state index contributed by atoms with van der Waals surface area (Å²) in [7, 11) is 0. The molecule has 1 rings (SSSR count). The molecule has 0 N–H and O–H groups in total. The third-order valence-electron chi connectivity index (χ3n) is 2.57. The molecule has 0 bridgehead atoms. The molecule has 0 heterocycles. The van der Waals surface area contributed by atoms with Gasteiger partial charge in [0.1, 0.15) is 0 Å². The van der Waals surface area contributed by atoms with E-state index in [0.29, 0.717) is 24.2 Å². The summed E-state index contributed by atoms with van der Waals surface area (Å²) in [5.74, 6) is -0.283. The van der Waals surface area contributed by atoms with Crippen LogP contribution in [-0.4, -0.2) is 18.4 Å². The van der Waals surface area contributed by atoms with Crippen LogP contribution < -0.4 is 0 Å². The number of Topliss-reactive ketones (excluding diaryl/α,β-unsaturated/α-hetero) is 1. The van der Waals surface area contributed by atoms with Gasteiger partial charge in [-0.1, -0.05) is 5.57 Å². The van der Waals surface area contributed by atoms with Crippen LogP contribution >= 0.6 is 0 Å². The molecular formula is C12H16O3. The zero-order chi connectivity index (χ0) is 11.6. The summed E-state index contributed by atoms with van der Waals surface area (Å²) in [6.45, 7) is 7.35. The fourth-order valence-electron chi connectivity index (χ4n) is 1.97. The van der Waals surface area contributed by atoms with Gasteiger partial charge in [0.2, 0.25) is 0 Å². The Morgan fingerprint density at radius 3 is 2.33 bits per heavy atom. The van der Waals surface area contributed by atoms with Crippen LogP contribution in [0, 0.1) is 0 Å². The van der Waals surface area contributed by atoms with Crippen LogP contribution in [0.1, 0.15) is 34.1 Å². The molecule has 0 fully saturated rings. The zero-order valence-electron chi connectivity index (χ0n) is 9.64. The fraction of sp³-hybridized carbons (Fsp3) is 0.500. The maximum atomic E-state index is 11.6.